The van der Waals surface area contributed by atoms with Crippen LogP contribution in [0.3, 0.4) is 0 Å². The third-order valence-electron chi connectivity index (χ3n) is 1.73. The number of alkyl halides is 2. The van der Waals surface area contributed by atoms with Gasteiger partial charge in [-0.25, -0.2) is 8.42 Å². The van der Waals surface area contributed by atoms with Crippen LogP contribution in [-0.4, -0.2) is 11.4 Å². The lowest BCUT2D eigenvalue weighted by Gasteiger charge is -2.15. The van der Waals surface area contributed by atoms with E-state index in [1.54, 1.807) is 12.1 Å². The number of benzene rings is 1. The van der Waals surface area contributed by atoms with E-state index in [1.807, 2.05) is 6.92 Å². The van der Waals surface area contributed by atoms with E-state index in [0.29, 0.717) is 11.0 Å². The molecule has 2 nitrogen and oxygen atoms in total. The van der Waals surface area contributed by atoms with Crippen molar-refractivity contribution in [1.82, 2.24) is 0 Å². The van der Waals surface area contributed by atoms with Crippen LogP contribution in [0, 0.1) is 6.92 Å². The number of rotatable bonds is 3. The first-order valence-electron chi connectivity index (χ1n) is 3.80. The van der Waals surface area contributed by atoms with Gasteiger partial charge in [0.05, 0.1) is 4.90 Å². The molecule has 0 bridgehead atoms. The Morgan fingerprint density at radius 3 is 2.07 bits per heavy atom. The molecule has 1 aromatic carbocycles. The summed E-state index contributed by atoms with van der Waals surface area (Å²) < 4.78 is 21.6. The molecule has 0 saturated heterocycles. The second-order valence-corrected chi connectivity index (χ2v) is 8.66. The molecule has 1 aromatic rings. The Labute approximate surface area is 107 Å². The lowest BCUT2D eigenvalue weighted by molar-refractivity contribution is 0.597. The van der Waals surface area contributed by atoms with E-state index >= 15 is 0 Å². The highest BCUT2D eigenvalue weighted by Crippen LogP contribution is 2.45. The highest BCUT2D eigenvalue weighted by Gasteiger charge is 2.42. The summed E-state index contributed by atoms with van der Waals surface area (Å²) >= 11 is 11.2. The van der Waals surface area contributed by atoms with Crippen LogP contribution in [0.15, 0.2) is 29.2 Å². The van der Waals surface area contributed by atoms with Crippen LogP contribution in [0.4, 0.5) is 0 Å². The zero-order valence-electron chi connectivity index (χ0n) is 7.58. The first-order valence-corrected chi connectivity index (χ1v) is 7.68. The third-order valence-corrected chi connectivity index (χ3v) is 7.46. The summed E-state index contributed by atoms with van der Waals surface area (Å²) in [6.07, 6.45) is 0. The van der Waals surface area contributed by atoms with Gasteiger partial charge in [-0.15, -0.1) is 0 Å². The first-order chi connectivity index (χ1) is 6.81. The average molecular weight is 306 g/mol. The lowest BCUT2D eigenvalue weighted by atomic mass is 10.2. The minimum Gasteiger partial charge on any atom is -0.220 e. The van der Waals surface area contributed by atoms with E-state index in [-0.39, 0.29) is 4.90 Å². The number of aryl methyl sites for hydroxylation is 1. The molecule has 0 heterocycles. The van der Waals surface area contributed by atoms with Crippen molar-refractivity contribution in [3.8, 4) is 0 Å². The van der Waals surface area contributed by atoms with E-state index < -0.39 is 12.8 Å². The van der Waals surface area contributed by atoms with Crippen LogP contribution in [0.5, 0.6) is 0 Å². The van der Waals surface area contributed by atoms with Crippen LogP contribution in [-0.2, 0) is 9.84 Å². The molecule has 0 fully saturated rings. The van der Waals surface area contributed by atoms with Crippen LogP contribution in [0.25, 0.3) is 0 Å². The van der Waals surface area contributed by atoms with Crippen LogP contribution in [0.2, 0.25) is 0 Å². The maximum absolute atomic E-state index is 11.8. The third kappa shape index (κ3) is 2.74. The van der Waals surface area contributed by atoms with Crippen molar-refractivity contribution in [3.05, 3.63) is 29.8 Å². The topological polar surface area (TPSA) is 34.1 Å². The van der Waals surface area contributed by atoms with Crippen LogP contribution < -0.4 is 0 Å². The van der Waals surface area contributed by atoms with Crippen molar-refractivity contribution >= 4 is 54.7 Å². The predicted octanol–water partition coefficient (Wildman–Crippen LogP) is 3.74. The van der Waals surface area contributed by atoms with Gasteiger partial charge in [-0.3, -0.25) is 0 Å². The summed E-state index contributed by atoms with van der Waals surface area (Å²) in [4.78, 5) is 0.0475. The first kappa shape index (κ1) is 13.5. The lowest BCUT2D eigenvalue weighted by Crippen LogP contribution is -2.21. The van der Waals surface area contributed by atoms with E-state index in [2.05, 4.69) is 0 Å². The van der Waals surface area contributed by atoms with Crippen LogP contribution >= 0.6 is 44.9 Å². The molecule has 0 amide bonds. The smallest absolute Gasteiger partial charge is 0.220 e. The molecule has 0 spiro atoms. The molecular weight excluding hydrogens is 299 g/mol. The molecule has 0 aliphatic heterocycles. The zero-order chi connectivity index (χ0) is 11.7. The fourth-order valence-electron chi connectivity index (χ4n) is 0.896. The maximum Gasteiger partial charge on any atom is 0.282 e. The van der Waals surface area contributed by atoms with Crippen molar-refractivity contribution in [3.63, 3.8) is 0 Å². The largest absolute Gasteiger partial charge is 0.282 e. The minimum atomic E-state index is -3.84. The molecule has 15 heavy (non-hydrogen) atoms. The number of halogens is 3. The van der Waals surface area contributed by atoms with Crippen molar-refractivity contribution in [2.24, 2.45) is 0 Å². The molecule has 0 aliphatic rings. The summed E-state index contributed by atoms with van der Waals surface area (Å²) in [5, 5.41) is 0. The molecule has 0 aromatic heterocycles. The highest BCUT2D eigenvalue weighted by atomic mass is 35.7. The molecule has 0 N–H and O–H groups in total. The summed E-state index contributed by atoms with van der Waals surface area (Å²) in [6, 6.07) is 6.21. The second kappa shape index (κ2) is 4.72. The fourth-order valence-corrected chi connectivity index (χ4v) is 3.57. The number of hydrogen-bond donors (Lipinski definition) is 0. The van der Waals surface area contributed by atoms with Crippen molar-refractivity contribution in [1.29, 1.82) is 0 Å². The summed E-state index contributed by atoms with van der Waals surface area (Å²) in [5.41, 5.74) is 0.947. The van der Waals surface area contributed by atoms with Gasteiger partial charge in [0.15, 0.2) is 0 Å². The molecule has 7 heteroatoms. The molecule has 0 unspecified atom stereocenters. The summed E-state index contributed by atoms with van der Waals surface area (Å²) in [7, 11) is 1.84. The quantitative estimate of drug-likeness (QED) is 0.798. The summed E-state index contributed by atoms with van der Waals surface area (Å²) in [6.45, 7) is 1.85. The Morgan fingerprint density at radius 2 is 1.67 bits per heavy atom. The van der Waals surface area contributed by atoms with Gasteiger partial charge in [-0.05, 0) is 29.7 Å². The highest BCUT2D eigenvalue weighted by molar-refractivity contribution is 8.31. The van der Waals surface area contributed by atoms with Gasteiger partial charge in [-0.1, -0.05) is 40.9 Å². The molecule has 0 saturated carbocycles. The summed E-state index contributed by atoms with van der Waals surface area (Å²) in [5.74, 6) is 0. The van der Waals surface area contributed by atoms with Crippen molar-refractivity contribution < 1.29 is 8.42 Å². The molecule has 0 atom stereocenters. The monoisotopic (exact) mass is 304 g/mol. The van der Waals surface area contributed by atoms with Crippen molar-refractivity contribution in [2.45, 2.75) is 14.8 Å². The van der Waals surface area contributed by atoms with E-state index in [0.717, 1.165) is 5.56 Å². The van der Waals surface area contributed by atoms with Crippen molar-refractivity contribution in [2.75, 3.05) is 0 Å². The van der Waals surface area contributed by atoms with Gasteiger partial charge in [0.2, 0.25) is 9.84 Å². The Hall–Kier alpha value is 0.390. The van der Waals surface area contributed by atoms with E-state index in [9.17, 15) is 8.42 Å². The van der Waals surface area contributed by atoms with Gasteiger partial charge in [0.1, 0.15) is 0 Å². The van der Waals surface area contributed by atoms with Gasteiger partial charge in [0, 0.05) is 11.0 Å². The van der Waals surface area contributed by atoms with Crippen LogP contribution in [0.1, 0.15) is 5.56 Å². The number of sulfone groups is 1. The Bertz CT molecular complexity index is 439. The molecule has 0 aliphatic carbocycles. The number of hydrogen-bond acceptors (Lipinski definition) is 3. The Kier molecular flexibility index (Phi) is 4.23. The maximum atomic E-state index is 11.8. The average Bonchev–Trinajstić information content (AvgIpc) is 2.18. The normalized spacial score (nSPS) is 12.8. The molecule has 0 radical (unpaired) electrons. The molecular formula is C8H7Cl3O2S2. The second-order valence-electron chi connectivity index (χ2n) is 2.86. The van der Waals surface area contributed by atoms with Gasteiger partial charge in [-0.2, -0.15) is 0 Å². The Morgan fingerprint density at radius 1 is 1.20 bits per heavy atom. The SMILES string of the molecule is Cc1ccc(S(=O)(=O)C(Cl)(Cl)SCl)cc1. The predicted molar refractivity (Wildman–Crippen MR) is 66.2 cm³/mol. The van der Waals surface area contributed by atoms with Gasteiger partial charge < -0.3 is 0 Å². The Balaban J connectivity index is 3.24. The van der Waals surface area contributed by atoms with Gasteiger partial charge in [0.25, 0.3) is 3.00 Å². The van der Waals surface area contributed by atoms with Gasteiger partial charge >= 0.3 is 0 Å². The van der Waals surface area contributed by atoms with E-state index in [1.165, 1.54) is 12.1 Å². The minimum absolute atomic E-state index is 0.0475. The zero-order valence-corrected chi connectivity index (χ0v) is 11.5. The fraction of sp³-hybridized carbons (Fsp3) is 0.250. The van der Waals surface area contributed by atoms with E-state index in [4.69, 9.17) is 33.9 Å². The molecule has 1 rings (SSSR count). The molecule has 84 valence electrons. The standard InChI is InChI=1S/C8H7Cl3O2S2/c1-6-2-4-7(5-3-6)15(12,13)8(9,10)14-11/h2-5H,1H3.